The van der Waals surface area contributed by atoms with Crippen molar-refractivity contribution in [3.63, 3.8) is 0 Å². The van der Waals surface area contributed by atoms with Crippen LogP contribution in [-0.4, -0.2) is 30.6 Å². The highest BCUT2D eigenvalue weighted by Gasteiger charge is 2.33. The Morgan fingerprint density at radius 1 is 1.75 bits per heavy atom. The second-order valence-corrected chi connectivity index (χ2v) is 4.69. The van der Waals surface area contributed by atoms with E-state index in [1.165, 1.54) is 7.11 Å². The van der Waals surface area contributed by atoms with Crippen LogP contribution in [0.4, 0.5) is 5.13 Å². The lowest BCUT2D eigenvalue weighted by molar-refractivity contribution is -0.141. The summed E-state index contributed by atoms with van der Waals surface area (Å²) in [5, 5.41) is 3.01. The van der Waals surface area contributed by atoms with E-state index < -0.39 is 0 Å². The smallest absolute Gasteiger partial charge is 0.328 e. The molecule has 1 aromatic rings. The van der Waals surface area contributed by atoms with E-state index in [0.717, 1.165) is 36.6 Å². The van der Waals surface area contributed by atoms with Crippen LogP contribution >= 0.6 is 11.3 Å². The first-order valence-electron chi connectivity index (χ1n) is 5.55. The molecule has 1 atom stereocenters. The molecule has 5 heteroatoms. The zero-order chi connectivity index (χ0) is 11.5. The molecule has 2 heterocycles. The summed E-state index contributed by atoms with van der Waals surface area (Å²) in [5.74, 6) is -0.147. The Morgan fingerprint density at radius 3 is 3.19 bits per heavy atom. The quantitative estimate of drug-likeness (QED) is 0.756. The van der Waals surface area contributed by atoms with Crippen molar-refractivity contribution in [3.8, 4) is 0 Å². The Hall–Kier alpha value is -1.10. The van der Waals surface area contributed by atoms with E-state index in [-0.39, 0.29) is 12.0 Å². The predicted molar refractivity (Wildman–Crippen MR) is 63.9 cm³/mol. The van der Waals surface area contributed by atoms with E-state index in [1.54, 1.807) is 11.3 Å². The average molecular weight is 240 g/mol. The van der Waals surface area contributed by atoms with Crippen LogP contribution in [0, 0.1) is 0 Å². The van der Waals surface area contributed by atoms with Gasteiger partial charge in [-0.05, 0) is 19.3 Å². The van der Waals surface area contributed by atoms with Gasteiger partial charge in [0.25, 0.3) is 0 Å². The molecule has 2 rings (SSSR count). The lowest BCUT2D eigenvalue weighted by Gasteiger charge is -2.21. The number of hydrogen-bond acceptors (Lipinski definition) is 5. The largest absolute Gasteiger partial charge is 0.467 e. The number of thiazole rings is 1. The molecule has 1 aromatic heterocycles. The number of rotatable bonds is 3. The van der Waals surface area contributed by atoms with Crippen molar-refractivity contribution in [3.05, 3.63) is 11.1 Å². The molecular weight excluding hydrogens is 224 g/mol. The summed E-state index contributed by atoms with van der Waals surface area (Å²) in [4.78, 5) is 18.2. The van der Waals surface area contributed by atoms with Gasteiger partial charge >= 0.3 is 5.97 Å². The Bertz CT molecular complexity index is 378. The van der Waals surface area contributed by atoms with Gasteiger partial charge in [0.1, 0.15) is 6.04 Å². The van der Waals surface area contributed by atoms with Gasteiger partial charge in [0, 0.05) is 11.9 Å². The third-order valence-electron chi connectivity index (χ3n) is 2.87. The monoisotopic (exact) mass is 240 g/mol. The molecule has 1 saturated heterocycles. The number of methoxy groups -OCH3 is 1. The number of aryl methyl sites for hydroxylation is 1. The fraction of sp³-hybridized carbons (Fsp3) is 0.636. The van der Waals surface area contributed by atoms with Gasteiger partial charge in [-0.25, -0.2) is 9.78 Å². The molecule has 88 valence electrons. The van der Waals surface area contributed by atoms with E-state index in [4.69, 9.17) is 4.74 Å². The van der Waals surface area contributed by atoms with E-state index in [2.05, 4.69) is 22.2 Å². The van der Waals surface area contributed by atoms with Crippen LogP contribution in [0.5, 0.6) is 0 Å². The zero-order valence-corrected chi connectivity index (χ0v) is 10.4. The molecule has 16 heavy (non-hydrogen) atoms. The van der Waals surface area contributed by atoms with E-state index in [0.29, 0.717) is 0 Å². The van der Waals surface area contributed by atoms with Crippen molar-refractivity contribution in [2.75, 3.05) is 18.6 Å². The molecular formula is C11H16N2O2S. The molecule has 1 aliphatic rings. The van der Waals surface area contributed by atoms with E-state index >= 15 is 0 Å². The van der Waals surface area contributed by atoms with Crippen molar-refractivity contribution in [2.24, 2.45) is 0 Å². The Labute approximate surface area is 99.2 Å². The molecule has 0 aromatic carbocycles. The summed E-state index contributed by atoms with van der Waals surface area (Å²) in [6, 6.07) is -0.138. The van der Waals surface area contributed by atoms with Gasteiger partial charge in [-0.1, -0.05) is 6.92 Å². The highest BCUT2D eigenvalue weighted by molar-refractivity contribution is 7.13. The summed E-state index contributed by atoms with van der Waals surface area (Å²) in [7, 11) is 1.44. The Balaban J connectivity index is 2.16. The summed E-state index contributed by atoms with van der Waals surface area (Å²) in [6.07, 6.45) is 2.84. The molecule has 0 aliphatic carbocycles. The molecule has 1 fully saturated rings. The van der Waals surface area contributed by atoms with Gasteiger partial charge in [-0.3, -0.25) is 0 Å². The summed E-state index contributed by atoms with van der Waals surface area (Å²) < 4.78 is 4.82. The minimum Gasteiger partial charge on any atom is -0.467 e. The SMILES string of the molecule is CCc1csc(N2CCCC2C(=O)OC)n1. The maximum absolute atomic E-state index is 11.6. The van der Waals surface area contributed by atoms with Crippen LogP contribution < -0.4 is 4.90 Å². The number of hydrogen-bond donors (Lipinski definition) is 0. The van der Waals surface area contributed by atoms with E-state index in [1.807, 2.05) is 0 Å². The lowest BCUT2D eigenvalue weighted by atomic mass is 10.2. The van der Waals surface area contributed by atoms with Crippen LogP contribution in [0.2, 0.25) is 0 Å². The van der Waals surface area contributed by atoms with Crippen molar-refractivity contribution < 1.29 is 9.53 Å². The first kappa shape index (κ1) is 11.4. The number of ether oxygens (including phenoxy) is 1. The van der Waals surface area contributed by atoms with Crippen molar-refractivity contribution in [2.45, 2.75) is 32.2 Å². The van der Waals surface area contributed by atoms with Crippen molar-refractivity contribution in [1.82, 2.24) is 4.98 Å². The molecule has 0 amide bonds. The van der Waals surface area contributed by atoms with Crippen LogP contribution in [0.15, 0.2) is 5.38 Å². The number of aromatic nitrogens is 1. The van der Waals surface area contributed by atoms with Gasteiger partial charge in [0.05, 0.1) is 12.8 Å². The topological polar surface area (TPSA) is 42.4 Å². The molecule has 1 unspecified atom stereocenters. The number of carbonyl (C=O) groups excluding carboxylic acids is 1. The molecule has 0 bridgehead atoms. The minimum atomic E-state index is -0.147. The number of esters is 1. The maximum Gasteiger partial charge on any atom is 0.328 e. The Morgan fingerprint density at radius 2 is 2.56 bits per heavy atom. The first-order valence-corrected chi connectivity index (χ1v) is 6.43. The van der Waals surface area contributed by atoms with Crippen LogP contribution in [0.3, 0.4) is 0 Å². The van der Waals surface area contributed by atoms with E-state index in [9.17, 15) is 4.79 Å². The third-order valence-corrected chi connectivity index (χ3v) is 3.80. The fourth-order valence-corrected chi connectivity index (χ4v) is 2.95. The summed E-state index contributed by atoms with van der Waals surface area (Å²) in [5.41, 5.74) is 1.09. The fourth-order valence-electron chi connectivity index (χ4n) is 1.97. The standard InChI is InChI=1S/C11H16N2O2S/c1-3-8-7-16-11(12-8)13-6-4-5-9(13)10(14)15-2/h7,9H,3-6H2,1-2H3. The maximum atomic E-state index is 11.6. The molecule has 0 radical (unpaired) electrons. The second kappa shape index (κ2) is 4.82. The van der Waals surface area contributed by atoms with Gasteiger partial charge in [0.2, 0.25) is 0 Å². The van der Waals surface area contributed by atoms with Crippen LogP contribution in [-0.2, 0) is 16.0 Å². The first-order chi connectivity index (χ1) is 7.76. The minimum absolute atomic E-state index is 0.138. The average Bonchev–Trinajstić information content (AvgIpc) is 2.95. The zero-order valence-electron chi connectivity index (χ0n) is 9.60. The second-order valence-electron chi connectivity index (χ2n) is 3.85. The van der Waals surface area contributed by atoms with Gasteiger partial charge in [-0.15, -0.1) is 11.3 Å². The molecule has 4 nitrogen and oxygen atoms in total. The van der Waals surface area contributed by atoms with Crippen molar-refractivity contribution >= 4 is 22.4 Å². The number of nitrogens with zero attached hydrogens (tertiary/aromatic N) is 2. The summed E-state index contributed by atoms with van der Waals surface area (Å²) in [6.45, 7) is 2.98. The number of anilines is 1. The highest BCUT2D eigenvalue weighted by atomic mass is 32.1. The Kier molecular flexibility index (Phi) is 3.43. The molecule has 0 spiro atoms. The predicted octanol–water partition coefficient (Wildman–Crippen LogP) is 1.85. The normalized spacial score (nSPS) is 20.1. The van der Waals surface area contributed by atoms with Gasteiger partial charge in [0.15, 0.2) is 5.13 Å². The lowest BCUT2D eigenvalue weighted by Crippen LogP contribution is -2.36. The van der Waals surface area contributed by atoms with Crippen LogP contribution in [0.1, 0.15) is 25.5 Å². The molecule has 0 N–H and O–H groups in total. The summed E-state index contributed by atoms with van der Waals surface area (Å²) >= 11 is 1.61. The van der Waals surface area contributed by atoms with Gasteiger partial charge in [-0.2, -0.15) is 0 Å². The van der Waals surface area contributed by atoms with Crippen molar-refractivity contribution in [1.29, 1.82) is 0 Å². The van der Waals surface area contributed by atoms with Crippen LogP contribution in [0.25, 0.3) is 0 Å². The highest BCUT2D eigenvalue weighted by Crippen LogP contribution is 2.29. The molecule has 0 saturated carbocycles. The molecule has 1 aliphatic heterocycles. The van der Waals surface area contributed by atoms with Gasteiger partial charge < -0.3 is 9.64 Å². The third kappa shape index (κ3) is 2.04. The number of carbonyl (C=O) groups is 1.